The molecule has 0 aliphatic rings. The molecule has 1 amide bonds. The zero-order chi connectivity index (χ0) is 22.5. The molecule has 0 bridgehead atoms. The van der Waals surface area contributed by atoms with Gasteiger partial charge in [-0.3, -0.25) is 9.48 Å². The number of hydrogen-bond acceptors (Lipinski definition) is 3. The molecular weight excluding hydrogens is 513 g/mol. The van der Waals surface area contributed by atoms with E-state index in [1.54, 1.807) is 36.5 Å². The van der Waals surface area contributed by atoms with Crippen LogP contribution in [0.15, 0.2) is 83.6 Å². The lowest BCUT2D eigenvalue weighted by Crippen LogP contribution is -2.12. The zero-order valence-electron chi connectivity index (χ0n) is 16.8. The maximum atomic E-state index is 12.6. The van der Waals surface area contributed by atoms with Crippen molar-refractivity contribution in [3.8, 4) is 5.75 Å². The van der Waals surface area contributed by atoms with Crippen LogP contribution in [0.5, 0.6) is 5.75 Å². The lowest BCUT2D eigenvalue weighted by atomic mass is 10.1. The SMILES string of the molecule is O=C(Nc1ccc(Cn2cc(Br)cn2)cc1)c1ccc(COc2cc(Cl)ccc2Cl)cc1. The smallest absolute Gasteiger partial charge is 0.255 e. The Kier molecular flexibility index (Phi) is 7.15. The molecule has 0 radical (unpaired) electrons. The maximum Gasteiger partial charge on any atom is 0.255 e. The van der Waals surface area contributed by atoms with Crippen molar-refractivity contribution in [1.82, 2.24) is 9.78 Å². The van der Waals surface area contributed by atoms with Crippen LogP contribution in [0, 0.1) is 0 Å². The van der Waals surface area contributed by atoms with Crippen molar-refractivity contribution in [2.45, 2.75) is 13.2 Å². The van der Waals surface area contributed by atoms with Crippen LogP contribution in [-0.2, 0) is 13.2 Å². The molecule has 8 heteroatoms. The summed E-state index contributed by atoms with van der Waals surface area (Å²) >= 11 is 15.5. The van der Waals surface area contributed by atoms with E-state index in [0.29, 0.717) is 34.5 Å². The van der Waals surface area contributed by atoms with E-state index in [-0.39, 0.29) is 5.91 Å². The van der Waals surface area contributed by atoms with Gasteiger partial charge in [-0.2, -0.15) is 5.10 Å². The van der Waals surface area contributed by atoms with Crippen molar-refractivity contribution >= 4 is 50.7 Å². The number of hydrogen-bond donors (Lipinski definition) is 1. The first-order chi connectivity index (χ1) is 15.5. The van der Waals surface area contributed by atoms with Gasteiger partial charge in [0.05, 0.1) is 22.2 Å². The molecule has 4 aromatic rings. The number of nitrogens with zero attached hydrogens (tertiary/aromatic N) is 2. The molecular formula is C24H18BrCl2N3O2. The molecule has 1 heterocycles. The summed E-state index contributed by atoms with van der Waals surface area (Å²) in [7, 11) is 0. The fourth-order valence-electron chi connectivity index (χ4n) is 3.01. The first-order valence-corrected chi connectivity index (χ1v) is 11.3. The van der Waals surface area contributed by atoms with E-state index in [9.17, 15) is 4.79 Å². The first-order valence-electron chi connectivity index (χ1n) is 9.71. The normalized spacial score (nSPS) is 10.7. The minimum absolute atomic E-state index is 0.181. The van der Waals surface area contributed by atoms with Gasteiger partial charge in [0, 0.05) is 28.5 Å². The Hall–Kier alpha value is -2.80. The van der Waals surface area contributed by atoms with Crippen LogP contribution < -0.4 is 10.1 Å². The van der Waals surface area contributed by atoms with E-state index in [1.165, 1.54) is 0 Å². The molecule has 0 atom stereocenters. The molecule has 0 aliphatic carbocycles. The third-order valence-corrected chi connectivity index (χ3v) is 5.62. The molecule has 3 aromatic carbocycles. The number of halogens is 3. The Bertz CT molecular complexity index is 1220. The molecule has 0 spiro atoms. The standard InChI is InChI=1S/C24H18BrCl2N3O2/c25-19-12-28-30(14-19)13-16-3-8-21(9-4-16)29-24(31)18-5-1-17(2-6-18)15-32-23-11-20(26)7-10-22(23)27/h1-12,14H,13,15H2,(H,29,31). The van der Waals surface area contributed by atoms with E-state index in [2.05, 4.69) is 26.3 Å². The van der Waals surface area contributed by atoms with E-state index >= 15 is 0 Å². The van der Waals surface area contributed by atoms with Crippen LogP contribution >= 0.6 is 39.1 Å². The lowest BCUT2D eigenvalue weighted by Gasteiger charge is -2.10. The predicted octanol–water partition coefficient (Wildman–Crippen LogP) is 6.83. The Balaban J connectivity index is 1.32. The second kappa shape index (κ2) is 10.2. The fraction of sp³-hybridized carbons (Fsp3) is 0.0833. The van der Waals surface area contributed by atoms with Crippen LogP contribution in [0.25, 0.3) is 0 Å². The van der Waals surface area contributed by atoms with Gasteiger partial charge in [-0.05, 0) is 63.5 Å². The lowest BCUT2D eigenvalue weighted by molar-refractivity contribution is 0.102. The Labute approximate surface area is 204 Å². The number of carbonyl (C=O) groups is 1. The average Bonchev–Trinajstić information content (AvgIpc) is 3.20. The highest BCUT2D eigenvalue weighted by molar-refractivity contribution is 9.10. The molecule has 0 saturated heterocycles. The number of ether oxygens (including phenoxy) is 1. The highest BCUT2D eigenvalue weighted by Crippen LogP contribution is 2.28. The van der Waals surface area contributed by atoms with Crippen molar-refractivity contribution in [1.29, 1.82) is 0 Å². The largest absolute Gasteiger partial charge is 0.487 e. The molecule has 0 saturated carbocycles. The maximum absolute atomic E-state index is 12.6. The Morgan fingerprint density at radius 3 is 2.41 bits per heavy atom. The summed E-state index contributed by atoms with van der Waals surface area (Å²) in [5.74, 6) is 0.337. The summed E-state index contributed by atoms with van der Waals surface area (Å²) in [6, 6.07) is 20.0. The summed E-state index contributed by atoms with van der Waals surface area (Å²) < 4.78 is 8.50. The van der Waals surface area contributed by atoms with Crippen LogP contribution in [0.3, 0.4) is 0 Å². The van der Waals surface area contributed by atoms with Gasteiger partial charge in [0.15, 0.2) is 0 Å². The monoisotopic (exact) mass is 529 g/mol. The van der Waals surface area contributed by atoms with Crippen molar-refractivity contribution < 1.29 is 9.53 Å². The van der Waals surface area contributed by atoms with Crippen molar-refractivity contribution in [2.24, 2.45) is 0 Å². The second-order valence-corrected chi connectivity index (χ2v) is 8.83. The van der Waals surface area contributed by atoms with Crippen LogP contribution in [0.1, 0.15) is 21.5 Å². The zero-order valence-corrected chi connectivity index (χ0v) is 19.9. The van der Waals surface area contributed by atoms with Crippen molar-refractivity contribution in [2.75, 3.05) is 5.32 Å². The van der Waals surface area contributed by atoms with Gasteiger partial charge in [-0.25, -0.2) is 0 Å². The number of rotatable bonds is 7. The van der Waals surface area contributed by atoms with Gasteiger partial charge in [0.1, 0.15) is 12.4 Å². The van der Waals surface area contributed by atoms with E-state index < -0.39 is 0 Å². The fourth-order valence-corrected chi connectivity index (χ4v) is 3.67. The van der Waals surface area contributed by atoms with Gasteiger partial charge in [-0.1, -0.05) is 47.5 Å². The Morgan fingerprint density at radius 2 is 1.72 bits per heavy atom. The summed E-state index contributed by atoms with van der Waals surface area (Å²) in [5, 5.41) is 8.21. The number of aromatic nitrogens is 2. The summed E-state index contributed by atoms with van der Waals surface area (Å²) in [6.07, 6.45) is 3.66. The van der Waals surface area contributed by atoms with E-state index in [0.717, 1.165) is 21.3 Å². The van der Waals surface area contributed by atoms with Gasteiger partial charge >= 0.3 is 0 Å². The van der Waals surface area contributed by atoms with Crippen molar-refractivity contribution in [3.05, 3.63) is 110 Å². The first kappa shape index (κ1) is 22.4. The Morgan fingerprint density at radius 1 is 1.00 bits per heavy atom. The number of carbonyl (C=O) groups excluding carboxylic acids is 1. The predicted molar refractivity (Wildman–Crippen MR) is 131 cm³/mol. The molecule has 32 heavy (non-hydrogen) atoms. The number of anilines is 1. The highest BCUT2D eigenvalue weighted by Gasteiger charge is 2.08. The average molecular weight is 531 g/mol. The summed E-state index contributed by atoms with van der Waals surface area (Å²) in [5.41, 5.74) is 3.28. The molecule has 5 nitrogen and oxygen atoms in total. The quantitative estimate of drug-likeness (QED) is 0.285. The van der Waals surface area contributed by atoms with Crippen LogP contribution in [0.4, 0.5) is 5.69 Å². The minimum atomic E-state index is -0.181. The summed E-state index contributed by atoms with van der Waals surface area (Å²) in [4.78, 5) is 12.6. The van der Waals surface area contributed by atoms with Crippen molar-refractivity contribution in [3.63, 3.8) is 0 Å². The van der Waals surface area contributed by atoms with Crippen LogP contribution in [-0.4, -0.2) is 15.7 Å². The van der Waals surface area contributed by atoms with Crippen LogP contribution in [0.2, 0.25) is 10.0 Å². The number of nitrogens with one attached hydrogen (secondary N) is 1. The third kappa shape index (κ3) is 5.91. The molecule has 0 unspecified atom stereocenters. The molecule has 162 valence electrons. The molecule has 1 N–H and O–H groups in total. The topological polar surface area (TPSA) is 56.2 Å². The second-order valence-electron chi connectivity index (χ2n) is 7.07. The highest BCUT2D eigenvalue weighted by atomic mass is 79.9. The molecule has 0 fully saturated rings. The number of amides is 1. The molecule has 4 rings (SSSR count). The van der Waals surface area contributed by atoms with Gasteiger partial charge < -0.3 is 10.1 Å². The molecule has 1 aromatic heterocycles. The van der Waals surface area contributed by atoms with Gasteiger partial charge in [0.25, 0.3) is 5.91 Å². The van der Waals surface area contributed by atoms with Gasteiger partial charge in [0.2, 0.25) is 0 Å². The minimum Gasteiger partial charge on any atom is -0.487 e. The van der Waals surface area contributed by atoms with E-state index in [1.807, 2.05) is 47.3 Å². The molecule has 0 aliphatic heterocycles. The van der Waals surface area contributed by atoms with Gasteiger partial charge in [-0.15, -0.1) is 0 Å². The third-order valence-electron chi connectivity index (χ3n) is 4.66. The summed E-state index contributed by atoms with van der Waals surface area (Å²) in [6.45, 7) is 0.972. The van der Waals surface area contributed by atoms with E-state index in [4.69, 9.17) is 27.9 Å². The number of benzene rings is 3.